The maximum absolute atomic E-state index is 12.2. The van der Waals surface area contributed by atoms with Gasteiger partial charge < -0.3 is 9.73 Å². The minimum Gasteiger partial charge on any atom is -0.451 e. The Hall–Kier alpha value is -2.86. The van der Waals surface area contributed by atoms with Crippen molar-refractivity contribution in [3.05, 3.63) is 65.9 Å². The minimum atomic E-state index is -0.389. The second kappa shape index (κ2) is 8.49. The summed E-state index contributed by atoms with van der Waals surface area (Å²) >= 11 is 5.20. The van der Waals surface area contributed by atoms with Gasteiger partial charge in [-0.3, -0.25) is 15.6 Å². The van der Waals surface area contributed by atoms with Crippen molar-refractivity contribution < 1.29 is 9.21 Å². The van der Waals surface area contributed by atoms with Crippen LogP contribution in [-0.2, 0) is 6.42 Å². The molecular weight excluding hydrogens is 346 g/mol. The van der Waals surface area contributed by atoms with Gasteiger partial charge in [0.05, 0.1) is 0 Å². The molecule has 0 saturated carbocycles. The van der Waals surface area contributed by atoms with Crippen molar-refractivity contribution in [2.75, 3.05) is 5.32 Å². The lowest BCUT2D eigenvalue weighted by Crippen LogP contribution is -2.43. The highest BCUT2D eigenvalue weighted by Gasteiger charge is 2.12. The molecule has 0 fully saturated rings. The van der Waals surface area contributed by atoms with E-state index in [4.69, 9.17) is 16.6 Å². The van der Waals surface area contributed by atoms with Crippen molar-refractivity contribution in [2.45, 2.75) is 26.2 Å². The van der Waals surface area contributed by atoms with Gasteiger partial charge in [0.15, 0.2) is 10.9 Å². The van der Waals surface area contributed by atoms with Crippen LogP contribution in [0.3, 0.4) is 0 Å². The van der Waals surface area contributed by atoms with Gasteiger partial charge in [-0.2, -0.15) is 0 Å². The monoisotopic (exact) mass is 367 g/mol. The highest BCUT2D eigenvalue weighted by atomic mass is 32.1. The molecule has 2 aromatic carbocycles. The Labute approximate surface area is 157 Å². The van der Waals surface area contributed by atoms with Gasteiger partial charge in [0, 0.05) is 11.1 Å². The SMILES string of the molecule is CCCCc1ccc(NC(=S)NNC(=O)c2cc3ccccc3o2)cc1. The van der Waals surface area contributed by atoms with Crippen LogP contribution in [0.2, 0.25) is 0 Å². The number of amides is 1. The van der Waals surface area contributed by atoms with Crippen LogP contribution in [0.1, 0.15) is 35.9 Å². The molecule has 0 aliphatic carbocycles. The Balaban J connectivity index is 1.51. The van der Waals surface area contributed by atoms with Gasteiger partial charge in [-0.05, 0) is 54.9 Å². The summed E-state index contributed by atoms with van der Waals surface area (Å²) in [5, 5.41) is 4.21. The van der Waals surface area contributed by atoms with Crippen LogP contribution in [0.25, 0.3) is 11.0 Å². The predicted molar refractivity (Wildman–Crippen MR) is 108 cm³/mol. The maximum Gasteiger partial charge on any atom is 0.305 e. The first-order chi connectivity index (χ1) is 12.7. The fourth-order valence-corrected chi connectivity index (χ4v) is 2.74. The molecular formula is C20H21N3O2S. The number of hydrogen-bond acceptors (Lipinski definition) is 3. The molecule has 0 atom stereocenters. The number of carbonyl (C=O) groups is 1. The molecule has 0 unspecified atom stereocenters. The molecule has 1 heterocycles. The van der Waals surface area contributed by atoms with Gasteiger partial charge in [-0.15, -0.1) is 0 Å². The Morgan fingerprint density at radius 3 is 2.58 bits per heavy atom. The lowest BCUT2D eigenvalue weighted by Gasteiger charge is -2.11. The first kappa shape index (κ1) is 17.9. The summed E-state index contributed by atoms with van der Waals surface area (Å²) in [6.45, 7) is 2.18. The Morgan fingerprint density at radius 1 is 1.08 bits per heavy atom. The molecule has 1 aromatic heterocycles. The van der Waals surface area contributed by atoms with Gasteiger partial charge in [0.2, 0.25) is 0 Å². The third-order valence-electron chi connectivity index (χ3n) is 3.97. The zero-order valence-electron chi connectivity index (χ0n) is 14.5. The number of thiocarbonyl (C=S) groups is 1. The number of furan rings is 1. The number of anilines is 1. The van der Waals surface area contributed by atoms with E-state index in [-0.39, 0.29) is 11.7 Å². The summed E-state index contributed by atoms with van der Waals surface area (Å²) in [7, 11) is 0. The molecule has 0 radical (unpaired) electrons. The van der Waals surface area contributed by atoms with Crippen molar-refractivity contribution in [2.24, 2.45) is 0 Å². The van der Waals surface area contributed by atoms with E-state index in [9.17, 15) is 4.79 Å². The summed E-state index contributed by atoms with van der Waals surface area (Å²) in [5.41, 5.74) is 8.05. The predicted octanol–water partition coefficient (Wildman–Crippen LogP) is 4.41. The quantitative estimate of drug-likeness (QED) is 0.460. The van der Waals surface area contributed by atoms with Gasteiger partial charge in [-0.25, -0.2) is 0 Å². The summed E-state index contributed by atoms with van der Waals surface area (Å²) in [6.07, 6.45) is 3.44. The average molecular weight is 367 g/mol. The Kier molecular flexibility index (Phi) is 5.86. The van der Waals surface area contributed by atoms with Crippen LogP contribution in [0.5, 0.6) is 0 Å². The lowest BCUT2D eigenvalue weighted by atomic mass is 10.1. The van der Waals surface area contributed by atoms with E-state index in [1.54, 1.807) is 6.07 Å². The second-order valence-electron chi connectivity index (χ2n) is 5.98. The van der Waals surface area contributed by atoms with Gasteiger partial charge in [0.25, 0.3) is 0 Å². The highest BCUT2D eigenvalue weighted by molar-refractivity contribution is 7.80. The van der Waals surface area contributed by atoms with E-state index >= 15 is 0 Å². The van der Waals surface area contributed by atoms with Gasteiger partial charge in [-0.1, -0.05) is 43.7 Å². The van der Waals surface area contributed by atoms with Crippen molar-refractivity contribution in [1.29, 1.82) is 0 Å². The number of nitrogens with one attached hydrogen (secondary N) is 3. The van der Waals surface area contributed by atoms with Gasteiger partial charge in [0.1, 0.15) is 5.58 Å². The molecule has 3 aromatic rings. The zero-order valence-corrected chi connectivity index (χ0v) is 15.4. The molecule has 0 saturated heterocycles. The standard InChI is InChI=1S/C20H21N3O2S/c1-2-3-6-14-9-11-16(12-10-14)21-20(26)23-22-19(24)18-13-15-7-4-5-8-17(15)25-18/h4-5,7-13H,2-3,6H2,1H3,(H,22,24)(H2,21,23,26). The lowest BCUT2D eigenvalue weighted by molar-refractivity contribution is 0.0918. The van der Waals surface area contributed by atoms with Crippen LogP contribution in [0, 0.1) is 0 Å². The fraction of sp³-hybridized carbons (Fsp3) is 0.200. The first-order valence-electron chi connectivity index (χ1n) is 8.60. The third-order valence-corrected chi connectivity index (χ3v) is 4.17. The van der Waals surface area contributed by atoms with E-state index < -0.39 is 0 Å². The molecule has 0 bridgehead atoms. The maximum atomic E-state index is 12.2. The Morgan fingerprint density at radius 2 is 1.85 bits per heavy atom. The van der Waals surface area contributed by atoms with E-state index in [1.165, 1.54) is 18.4 Å². The zero-order chi connectivity index (χ0) is 18.4. The summed E-state index contributed by atoms with van der Waals surface area (Å²) < 4.78 is 5.51. The van der Waals surface area contributed by atoms with Crippen LogP contribution in [-0.4, -0.2) is 11.0 Å². The molecule has 3 N–H and O–H groups in total. The topological polar surface area (TPSA) is 66.3 Å². The first-order valence-corrected chi connectivity index (χ1v) is 9.01. The molecule has 5 nitrogen and oxygen atoms in total. The molecule has 0 aliphatic heterocycles. The molecule has 6 heteroatoms. The number of hydrogen-bond donors (Lipinski definition) is 3. The number of rotatable bonds is 5. The van der Waals surface area contributed by atoms with Crippen molar-refractivity contribution in [1.82, 2.24) is 10.9 Å². The third kappa shape index (κ3) is 4.61. The minimum absolute atomic E-state index is 0.224. The number of benzene rings is 2. The smallest absolute Gasteiger partial charge is 0.305 e. The molecule has 0 spiro atoms. The van der Waals surface area contributed by atoms with Gasteiger partial charge >= 0.3 is 5.91 Å². The summed E-state index contributed by atoms with van der Waals surface area (Å²) in [6, 6.07) is 17.2. The largest absolute Gasteiger partial charge is 0.451 e. The van der Waals surface area contributed by atoms with Crippen molar-refractivity contribution in [3.8, 4) is 0 Å². The summed E-state index contributed by atoms with van der Waals surface area (Å²) in [5.74, 6) is -0.165. The molecule has 0 aliphatic rings. The molecule has 26 heavy (non-hydrogen) atoms. The molecule has 134 valence electrons. The second-order valence-corrected chi connectivity index (χ2v) is 6.39. The van der Waals surface area contributed by atoms with Crippen molar-refractivity contribution in [3.63, 3.8) is 0 Å². The normalized spacial score (nSPS) is 10.5. The average Bonchev–Trinajstić information content (AvgIpc) is 3.10. The van der Waals surface area contributed by atoms with Crippen LogP contribution >= 0.6 is 12.2 Å². The van der Waals surface area contributed by atoms with Crippen LogP contribution in [0.15, 0.2) is 59.0 Å². The van der Waals surface area contributed by atoms with E-state index in [1.807, 2.05) is 36.4 Å². The van der Waals surface area contributed by atoms with Crippen molar-refractivity contribution >= 4 is 39.9 Å². The highest BCUT2D eigenvalue weighted by Crippen LogP contribution is 2.18. The van der Waals surface area contributed by atoms with E-state index in [0.717, 1.165) is 17.5 Å². The van der Waals surface area contributed by atoms with E-state index in [0.29, 0.717) is 10.7 Å². The number of fused-ring (bicyclic) bond motifs is 1. The Bertz CT molecular complexity index is 870. The van der Waals surface area contributed by atoms with Crippen LogP contribution in [0.4, 0.5) is 5.69 Å². The molecule has 1 amide bonds. The van der Waals surface area contributed by atoms with E-state index in [2.05, 4.69) is 35.2 Å². The number of hydrazine groups is 1. The fourth-order valence-electron chi connectivity index (χ4n) is 2.57. The number of aryl methyl sites for hydroxylation is 1. The number of para-hydroxylation sites is 1. The molecule has 3 rings (SSSR count). The number of carbonyl (C=O) groups excluding carboxylic acids is 1. The van der Waals surface area contributed by atoms with Crippen LogP contribution < -0.4 is 16.2 Å². The summed E-state index contributed by atoms with van der Waals surface area (Å²) in [4.78, 5) is 12.2. The number of unbranched alkanes of at least 4 members (excludes halogenated alkanes) is 1.